The number of aromatic nitrogens is 3. The number of nitrogens with zero attached hydrogens (tertiary/aromatic N) is 4. The number of hydrogen-bond donors (Lipinski definition) is 2. The molecule has 40 heavy (non-hydrogen) atoms. The first-order valence-corrected chi connectivity index (χ1v) is 14.0. The number of aliphatic hydroxyl groups is 1. The van der Waals surface area contributed by atoms with Gasteiger partial charge < -0.3 is 20.1 Å². The van der Waals surface area contributed by atoms with Crippen molar-refractivity contribution in [3.8, 4) is 5.69 Å². The average Bonchev–Trinajstić information content (AvgIpc) is 3.32. The van der Waals surface area contributed by atoms with Gasteiger partial charge in [0.15, 0.2) is 5.65 Å². The molecule has 6 rings (SSSR count). The van der Waals surface area contributed by atoms with E-state index in [2.05, 4.69) is 10.3 Å². The molecule has 0 saturated carbocycles. The Morgan fingerprint density at radius 2 is 1.88 bits per heavy atom. The Kier molecular flexibility index (Phi) is 7.22. The Hall–Kier alpha value is -3.50. The second-order valence-electron chi connectivity index (χ2n) is 10.8. The number of morpholine rings is 1. The first kappa shape index (κ1) is 26.7. The summed E-state index contributed by atoms with van der Waals surface area (Å²) in [6, 6.07) is 18.8. The zero-order chi connectivity index (χ0) is 27.9. The van der Waals surface area contributed by atoms with Crippen LogP contribution >= 0.6 is 11.6 Å². The Morgan fingerprint density at radius 1 is 1.15 bits per heavy atom. The zero-order valence-electron chi connectivity index (χ0n) is 22.3. The van der Waals surface area contributed by atoms with E-state index in [0.29, 0.717) is 54.3 Å². The predicted octanol–water partition coefficient (Wildman–Crippen LogP) is 3.56. The molecule has 0 unspecified atom stereocenters. The largest absolute Gasteiger partial charge is 0.388 e. The van der Waals surface area contributed by atoms with Crippen LogP contribution in [0.3, 0.4) is 0 Å². The van der Waals surface area contributed by atoms with Crippen LogP contribution in [0.25, 0.3) is 16.7 Å². The Morgan fingerprint density at radius 3 is 2.55 bits per heavy atom. The fraction of sp³-hybridized carbons (Fsp3) is 0.367. The van der Waals surface area contributed by atoms with Gasteiger partial charge in [0.05, 0.1) is 36.3 Å². The highest BCUT2D eigenvalue weighted by Gasteiger charge is 2.35. The average molecular weight is 562 g/mol. The minimum Gasteiger partial charge on any atom is -0.388 e. The fourth-order valence-electron chi connectivity index (χ4n) is 5.57. The maximum atomic E-state index is 13.4. The molecular formula is C30H32ClN5O4. The van der Waals surface area contributed by atoms with E-state index in [1.807, 2.05) is 49.4 Å². The second-order valence-corrected chi connectivity index (χ2v) is 11.2. The van der Waals surface area contributed by atoms with E-state index in [1.54, 1.807) is 27.7 Å². The molecule has 2 aliphatic heterocycles. The number of fused-ring (bicyclic) bond motifs is 1. The fourth-order valence-corrected chi connectivity index (χ4v) is 5.85. The maximum Gasteiger partial charge on any atom is 0.262 e. The SMILES string of the molecule is C[C@H]1CN[C@H](c2ccc(-n3c(Cl)cc4c(=O)n(CC5(O)CCN(C(=O)c6ccccc6)CC5)cnc43)cc2)CO1. The van der Waals surface area contributed by atoms with Crippen molar-refractivity contribution in [1.82, 2.24) is 24.3 Å². The van der Waals surface area contributed by atoms with Crippen LogP contribution < -0.4 is 10.9 Å². The molecular weight excluding hydrogens is 530 g/mol. The molecule has 0 bridgehead atoms. The van der Waals surface area contributed by atoms with Gasteiger partial charge in [-0.2, -0.15) is 0 Å². The van der Waals surface area contributed by atoms with Crippen molar-refractivity contribution in [2.75, 3.05) is 26.2 Å². The first-order chi connectivity index (χ1) is 19.3. The van der Waals surface area contributed by atoms with Crippen LogP contribution in [-0.2, 0) is 11.3 Å². The third kappa shape index (κ3) is 5.17. The molecule has 10 heteroatoms. The van der Waals surface area contributed by atoms with Gasteiger partial charge >= 0.3 is 0 Å². The summed E-state index contributed by atoms with van der Waals surface area (Å²) in [5, 5.41) is 15.6. The lowest BCUT2D eigenvalue weighted by Crippen LogP contribution is -2.49. The molecule has 4 heterocycles. The molecule has 2 atom stereocenters. The van der Waals surface area contributed by atoms with Gasteiger partial charge in [-0.1, -0.05) is 41.9 Å². The standard InChI is InChI=1S/C30H32ClN5O4/c1-20-16-32-25(17-40-20)21-7-9-23(10-8-21)36-26(31)15-24-27(36)33-19-35(29(24)38)18-30(39)11-13-34(14-12-30)28(37)22-5-3-2-4-6-22/h2-10,15,19-20,25,32,39H,11-14,16-18H2,1H3/t20-,25-/m0/s1. The van der Waals surface area contributed by atoms with Crippen LogP contribution in [0.5, 0.6) is 0 Å². The number of nitrogens with one attached hydrogen (secondary N) is 1. The number of halogens is 1. The van der Waals surface area contributed by atoms with Crippen LogP contribution in [0.1, 0.15) is 41.7 Å². The van der Waals surface area contributed by atoms with Crippen molar-refractivity contribution < 1.29 is 14.6 Å². The molecule has 4 aromatic rings. The number of amides is 1. The van der Waals surface area contributed by atoms with E-state index in [-0.39, 0.29) is 30.2 Å². The molecule has 2 saturated heterocycles. The van der Waals surface area contributed by atoms with Crippen LogP contribution in [0, 0.1) is 0 Å². The first-order valence-electron chi connectivity index (χ1n) is 13.6. The quantitative estimate of drug-likeness (QED) is 0.386. The van der Waals surface area contributed by atoms with E-state index >= 15 is 0 Å². The number of rotatable bonds is 5. The Balaban J connectivity index is 1.18. The van der Waals surface area contributed by atoms with E-state index in [9.17, 15) is 14.7 Å². The maximum absolute atomic E-state index is 13.4. The Labute approximate surface area is 237 Å². The molecule has 2 aliphatic rings. The lowest BCUT2D eigenvalue weighted by Gasteiger charge is -2.38. The lowest BCUT2D eigenvalue weighted by molar-refractivity contribution is -0.0299. The summed E-state index contributed by atoms with van der Waals surface area (Å²) >= 11 is 6.60. The van der Waals surface area contributed by atoms with E-state index in [4.69, 9.17) is 16.3 Å². The summed E-state index contributed by atoms with van der Waals surface area (Å²) in [7, 11) is 0. The van der Waals surface area contributed by atoms with Gasteiger partial charge in [-0.25, -0.2) is 4.98 Å². The van der Waals surface area contributed by atoms with Crippen molar-refractivity contribution in [3.63, 3.8) is 0 Å². The van der Waals surface area contributed by atoms with Gasteiger partial charge in [0.1, 0.15) is 11.5 Å². The molecule has 0 radical (unpaired) electrons. The number of carbonyl (C=O) groups excluding carboxylic acids is 1. The molecule has 1 amide bonds. The van der Waals surface area contributed by atoms with E-state index in [1.165, 1.54) is 10.9 Å². The van der Waals surface area contributed by atoms with Crippen LogP contribution in [0.2, 0.25) is 5.15 Å². The molecule has 0 spiro atoms. The number of piperidine rings is 1. The second kappa shape index (κ2) is 10.8. The molecule has 2 fully saturated rings. The van der Waals surface area contributed by atoms with Gasteiger partial charge in [0, 0.05) is 30.9 Å². The number of benzene rings is 2. The van der Waals surface area contributed by atoms with E-state index < -0.39 is 5.60 Å². The minimum absolute atomic E-state index is 0.0511. The van der Waals surface area contributed by atoms with Gasteiger partial charge in [0.25, 0.3) is 11.5 Å². The number of likely N-dealkylation sites (tertiary alicyclic amines) is 1. The van der Waals surface area contributed by atoms with Gasteiger partial charge in [-0.15, -0.1) is 0 Å². The number of ether oxygens (including phenoxy) is 1. The summed E-state index contributed by atoms with van der Waals surface area (Å²) in [4.78, 5) is 32.5. The summed E-state index contributed by atoms with van der Waals surface area (Å²) in [6.45, 7) is 4.38. The van der Waals surface area contributed by atoms with Gasteiger partial charge in [-0.05, 0) is 55.7 Å². The normalized spacial score (nSPS) is 21.0. The third-order valence-electron chi connectivity index (χ3n) is 7.96. The van der Waals surface area contributed by atoms with Crippen LogP contribution in [-0.4, -0.2) is 68.0 Å². The minimum atomic E-state index is -1.12. The van der Waals surface area contributed by atoms with Crippen molar-refractivity contribution >= 4 is 28.5 Å². The predicted molar refractivity (Wildman–Crippen MR) is 153 cm³/mol. The highest BCUT2D eigenvalue weighted by atomic mass is 35.5. The third-order valence-corrected chi connectivity index (χ3v) is 8.24. The molecule has 2 aromatic carbocycles. The van der Waals surface area contributed by atoms with Gasteiger partial charge in [-0.3, -0.25) is 18.7 Å². The topological polar surface area (TPSA) is 102 Å². The molecule has 9 nitrogen and oxygen atoms in total. The highest BCUT2D eigenvalue weighted by molar-refractivity contribution is 6.31. The lowest BCUT2D eigenvalue weighted by atomic mass is 9.91. The van der Waals surface area contributed by atoms with Crippen LogP contribution in [0.4, 0.5) is 0 Å². The highest BCUT2D eigenvalue weighted by Crippen LogP contribution is 2.28. The molecule has 208 valence electrons. The Bertz CT molecular complexity index is 1570. The monoisotopic (exact) mass is 561 g/mol. The molecule has 2 aromatic heterocycles. The summed E-state index contributed by atoms with van der Waals surface area (Å²) < 4.78 is 8.97. The van der Waals surface area contributed by atoms with Crippen LogP contribution in [0.15, 0.2) is 71.8 Å². The van der Waals surface area contributed by atoms with Crippen molar-refractivity contribution in [3.05, 3.63) is 93.6 Å². The van der Waals surface area contributed by atoms with Crippen molar-refractivity contribution in [1.29, 1.82) is 0 Å². The summed E-state index contributed by atoms with van der Waals surface area (Å²) in [5.41, 5.74) is 1.61. The molecule has 2 N–H and O–H groups in total. The number of hydrogen-bond acceptors (Lipinski definition) is 6. The molecule has 0 aliphatic carbocycles. The van der Waals surface area contributed by atoms with E-state index in [0.717, 1.165) is 17.8 Å². The zero-order valence-corrected chi connectivity index (χ0v) is 23.1. The summed E-state index contributed by atoms with van der Waals surface area (Å²) in [5.74, 6) is -0.0511. The van der Waals surface area contributed by atoms with Crippen molar-refractivity contribution in [2.24, 2.45) is 0 Å². The van der Waals surface area contributed by atoms with Gasteiger partial charge in [0.2, 0.25) is 0 Å². The number of carbonyl (C=O) groups is 1. The summed E-state index contributed by atoms with van der Waals surface area (Å²) in [6.07, 6.45) is 2.40. The van der Waals surface area contributed by atoms with Crippen molar-refractivity contribution in [2.45, 2.75) is 44.1 Å². The smallest absolute Gasteiger partial charge is 0.262 e.